The number of thiazole rings is 1. The van der Waals surface area contributed by atoms with Crippen molar-refractivity contribution in [3.05, 3.63) is 81.9 Å². The van der Waals surface area contributed by atoms with Crippen LogP contribution in [-0.4, -0.2) is 16.7 Å². The molecule has 0 aliphatic heterocycles. The van der Waals surface area contributed by atoms with Crippen LogP contribution in [0, 0.1) is 0 Å². The van der Waals surface area contributed by atoms with E-state index >= 15 is 0 Å². The highest BCUT2D eigenvalue weighted by Crippen LogP contribution is 2.30. The first-order valence-corrected chi connectivity index (χ1v) is 9.02. The first-order chi connectivity index (χ1) is 12.2. The van der Waals surface area contributed by atoms with Crippen molar-refractivity contribution < 1.29 is 9.59 Å². The minimum atomic E-state index is -0.203. The molecule has 1 aliphatic rings. The zero-order valence-corrected chi connectivity index (χ0v) is 14.3. The Morgan fingerprint density at radius 2 is 1.56 bits per heavy atom. The van der Waals surface area contributed by atoms with Crippen LogP contribution in [-0.2, 0) is 12.8 Å². The van der Waals surface area contributed by atoms with E-state index in [1.807, 2.05) is 18.2 Å². The zero-order valence-electron chi connectivity index (χ0n) is 13.5. The molecule has 1 N–H and O–H groups in total. The van der Waals surface area contributed by atoms with Crippen LogP contribution in [0.15, 0.2) is 54.6 Å². The van der Waals surface area contributed by atoms with Crippen LogP contribution >= 0.6 is 11.3 Å². The highest BCUT2D eigenvalue weighted by molar-refractivity contribution is 7.16. The number of fused-ring (bicyclic) bond motifs is 1. The number of amides is 1. The number of nitrogens with zero attached hydrogens (tertiary/aromatic N) is 1. The second kappa shape index (κ2) is 6.61. The minimum Gasteiger partial charge on any atom is -0.298 e. The zero-order chi connectivity index (χ0) is 17.2. The fraction of sp³-hybridized carbons (Fsp3) is 0.150. The molecule has 25 heavy (non-hydrogen) atoms. The summed E-state index contributed by atoms with van der Waals surface area (Å²) in [4.78, 5) is 30.5. The van der Waals surface area contributed by atoms with Gasteiger partial charge in [-0.2, -0.15) is 0 Å². The number of ketones is 1. The van der Waals surface area contributed by atoms with Crippen molar-refractivity contribution in [3.63, 3.8) is 0 Å². The molecule has 1 heterocycles. The third kappa shape index (κ3) is 3.23. The van der Waals surface area contributed by atoms with E-state index in [4.69, 9.17) is 0 Å². The normalized spacial score (nSPS) is 12.6. The lowest BCUT2D eigenvalue weighted by Crippen LogP contribution is -2.12. The molecule has 0 saturated carbocycles. The Labute approximate surface area is 149 Å². The van der Waals surface area contributed by atoms with Gasteiger partial charge in [0.15, 0.2) is 10.9 Å². The first kappa shape index (κ1) is 15.7. The third-order valence-corrected chi connectivity index (χ3v) is 5.33. The van der Waals surface area contributed by atoms with Crippen LogP contribution in [0.3, 0.4) is 0 Å². The summed E-state index contributed by atoms with van der Waals surface area (Å²) >= 11 is 1.55. The number of aryl methyl sites for hydroxylation is 2. The van der Waals surface area contributed by atoms with Gasteiger partial charge in [-0.05, 0) is 31.4 Å². The Balaban J connectivity index is 1.47. The summed E-state index contributed by atoms with van der Waals surface area (Å²) in [5, 5.41) is 3.50. The van der Waals surface area contributed by atoms with Crippen molar-refractivity contribution >= 4 is 28.2 Å². The number of hydrogen-bond donors (Lipinski definition) is 1. The SMILES string of the molecule is O=C(Nc1nc2c(s1)CCC2)c1ccc(C(=O)c2ccccc2)cc1. The van der Waals surface area contributed by atoms with Crippen molar-refractivity contribution in [2.45, 2.75) is 19.3 Å². The molecule has 4 nitrogen and oxygen atoms in total. The maximum atomic E-state index is 12.4. The van der Waals surface area contributed by atoms with E-state index < -0.39 is 0 Å². The lowest BCUT2D eigenvalue weighted by Gasteiger charge is -2.04. The number of carbonyl (C=O) groups is 2. The van der Waals surface area contributed by atoms with Crippen LogP contribution in [0.5, 0.6) is 0 Å². The van der Waals surface area contributed by atoms with E-state index in [0.29, 0.717) is 21.8 Å². The predicted molar refractivity (Wildman–Crippen MR) is 98.4 cm³/mol. The van der Waals surface area contributed by atoms with Crippen LogP contribution in [0.2, 0.25) is 0 Å². The van der Waals surface area contributed by atoms with E-state index in [-0.39, 0.29) is 11.7 Å². The molecule has 2 aromatic carbocycles. The average molecular weight is 348 g/mol. The van der Waals surface area contributed by atoms with E-state index in [0.717, 1.165) is 25.0 Å². The monoisotopic (exact) mass is 348 g/mol. The number of rotatable bonds is 4. The molecule has 0 saturated heterocycles. The van der Waals surface area contributed by atoms with Gasteiger partial charge < -0.3 is 0 Å². The molecule has 0 fully saturated rings. The second-order valence-corrected chi connectivity index (χ2v) is 7.05. The first-order valence-electron chi connectivity index (χ1n) is 8.20. The van der Waals surface area contributed by atoms with Crippen molar-refractivity contribution in [3.8, 4) is 0 Å². The summed E-state index contributed by atoms with van der Waals surface area (Å²) in [6.45, 7) is 0. The lowest BCUT2D eigenvalue weighted by atomic mass is 10.0. The largest absolute Gasteiger partial charge is 0.298 e. The van der Waals surface area contributed by atoms with Gasteiger partial charge in [0.25, 0.3) is 5.91 Å². The highest BCUT2D eigenvalue weighted by atomic mass is 32.1. The van der Waals surface area contributed by atoms with Crippen molar-refractivity contribution in [1.29, 1.82) is 0 Å². The van der Waals surface area contributed by atoms with Crippen LogP contribution in [0.25, 0.3) is 0 Å². The van der Waals surface area contributed by atoms with Gasteiger partial charge in [0, 0.05) is 21.6 Å². The molecule has 0 bridgehead atoms. The molecule has 1 amide bonds. The molecule has 5 heteroatoms. The van der Waals surface area contributed by atoms with Crippen LogP contribution in [0.4, 0.5) is 5.13 Å². The molecular weight excluding hydrogens is 332 g/mol. The van der Waals surface area contributed by atoms with E-state index in [1.54, 1.807) is 47.7 Å². The van der Waals surface area contributed by atoms with Gasteiger partial charge in [0.05, 0.1) is 5.69 Å². The molecule has 0 atom stereocenters. The van der Waals surface area contributed by atoms with Crippen LogP contribution < -0.4 is 5.32 Å². The molecule has 4 rings (SSSR count). The van der Waals surface area contributed by atoms with E-state index in [9.17, 15) is 9.59 Å². The fourth-order valence-electron chi connectivity index (χ4n) is 2.94. The second-order valence-electron chi connectivity index (χ2n) is 5.97. The van der Waals surface area contributed by atoms with Crippen LogP contribution in [0.1, 0.15) is 43.3 Å². The topological polar surface area (TPSA) is 59.1 Å². The summed E-state index contributed by atoms with van der Waals surface area (Å²) in [7, 11) is 0. The van der Waals surface area contributed by atoms with E-state index in [2.05, 4.69) is 10.3 Å². The summed E-state index contributed by atoms with van der Waals surface area (Å²) in [6, 6.07) is 15.8. The maximum absolute atomic E-state index is 12.4. The van der Waals surface area contributed by atoms with Gasteiger partial charge in [-0.1, -0.05) is 42.5 Å². The van der Waals surface area contributed by atoms with Gasteiger partial charge in [-0.25, -0.2) is 4.98 Å². The molecule has 0 spiro atoms. The molecule has 0 radical (unpaired) electrons. The van der Waals surface area contributed by atoms with Gasteiger partial charge in [-0.3, -0.25) is 14.9 Å². The third-order valence-electron chi connectivity index (χ3n) is 4.26. The van der Waals surface area contributed by atoms with E-state index in [1.165, 1.54) is 4.88 Å². The van der Waals surface area contributed by atoms with Gasteiger partial charge >= 0.3 is 0 Å². The average Bonchev–Trinajstić information content (AvgIpc) is 3.23. The highest BCUT2D eigenvalue weighted by Gasteiger charge is 2.18. The number of benzene rings is 2. The quantitative estimate of drug-likeness (QED) is 0.722. The number of nitrogens with one attached hydrogen (secondary N) is 1. The number of hydrogen-bond acceptors (Lipinski definition) is 4. The number of anilines is 1. The van der Waals surface area contributed by atoms with Crippen molar-refractivity contribution in [2.24, 2.45) is 0 Å². The minimum absolute atomic E-state index is 0.0519. The standard InChI is InChI=1S/C20H16N2O2S/c23-18(13-5-2-1-3-6-13)14-9-11-15(12-10-14)19(24)22-20-21-16-7-4-8-17(16)25-20/h1-3,5-6,9-12H,4,7-8H2,(H,21,22,24). The fourth-order valence-corrected chi connectivity index (χ4v) is 3.99. The lowest BCUT2D eigenvalue weighted by molar-refractivity contribution is 0.102. The predicted octanol–water partition coefficient (Wildman–Crippen LogP) is 4.12. The Kier molecular flexibility index (Phi) is 4.15. The smallest absolute Gasteiger partial charge is 0.257 e. The van der Waals surface area contributed by atoms with Gasteiger partial charge in [0.2, 0.25) is 0 Å². The summed E-state index contributed by atoms with van der Waals surface area (Å²) in [6.07, 6.45) is 3.20. The number of aromatic nitrogens is 1. The summed E-state index contributed by atoms with van der Waals surface area (Å²) in [5.41, 5.74) is 2.83. The van der Waals surface area contributed by atoms with Crippen molar-refractivity contribution in [1.82, 2.24) is 4.98 Å². The Hall–Kier alpha value is -2.79. The Bertz CT molecular complexity index is 909. The van der Waals surface area contributed by atoms with Crippen molar-refractivity contribution in [2.75, 3.05) is 5.32 Å². The maximum Gasteiger partial charge on any atom is 0.257 e. The van der Waals surface area contributed by atoms with Gasteiger partial charge in [-0.15, -0.1) is 11.3 Å². The molecule has 124 valence electrons. The Morgan fingerprint density at radius 1 is 0.880 bits per heavy atom. The molecular formula is C20H16N2O2S. The Morgan fingerprint density at radius 3 is 2.28 bits per heavy atom. The molecule has 1 aromatic heterocycles. The summed E-state index contributed by atoms with van der Waals surface area (Å²) < 4.78 is 0. The molecule has 3 aromatic rings. The summed E-state index contributed by atoms with van der Waals surface area (Å²) in [5.74, 6) is -0.255. The number of carbonyl (C=O) groups excluding carboxylic acids is 2. The van der Waals surface area contributed by atoms with Gasteiger partial charge in [0.1, 0.15) is 0 Å². The molecule has 1 aliphatic carbocycles. The molecule has 0 unspecified atom stereocenters.